The van der Waals surface area contributed by atoms with E-state index in [1.807, 2.05) is 0 Å². The van der Waals surface area contributed by atoms with Crippen molar-refractivity contribution in [3.63, 3.8) is 0 Å². The first-order valence-electron chi connectivity index (χ1n) is 6.96. The largest absolute Gasteiger partial charge is 0.435 e. The number of amides is 1. The Hall–Kier alpha value is -2.50. The van der Waals surface area contributed by atoms with Gasteiger partial charge in [-0.15, -0.1) is 0 Å². The monoisotopic (exact) mass is 323 g/mol. The lowest BCUT2D eigenvalue weighted by molar-refractivity contribution is -0.129. The molecule has 6 heteroatoms. The predicted molar refractivity (Wildman–Crippen MR) is 79.7 cm³/mol. The van der Waals surface area contributed by atoms with E-state index in [1.54, 1.807) is 31.3 Å². The number of benzene rings is 2. The first-order chi connectivity index (χ1) is 10.9. The van der Waals surface area contributed by atoms with Crippen LogP contribution in [0.4, 0.5) is 13.2 Å². The summed E-state index contributed by atoms with van der Waals surface area (Å²) in [5, 5.41) is 0. The second-order valence-electron chi connectivity index (χ2n) is 5.08. The van der Waals surface area contributed by atoms with E-state index in [9.17, 15) is 18.0 Å². The van der Waals surface area contributed by atoms with Gasteiger partial charge in [0.05, 0.1) is 6.42 Å². The van der Waals surface area contributed by atoms with Crippen LogP contribution in [0.15, 0.2) is 48.5 Å². The Labute approximate surface area is 132 Å². The van der Waals surface area contributed by atoms with E-state index in [-0.39, 0.29) is 23.9 Å². The van der Waals surface area contributed by atoms with Crippen molar-refractivity contribution >= 4 is 5.91 Å². The van der Waals surface area contributed by atoms with Crippen LogP contribution in [-0.4, -0.2) is 24.5 Å². The molecule has 2 rings (SSSR count). The van der Waals surface area contributed by atoms with Crippen LogP contribution in [0.5, 0.6) is 5.75 Å². The van der Waals surface area contributed by atoms with Crippen LogP contribution < -0.4 is 4.74 Å². The molecule has 2 aromatic carbocycles. The summed E-state index contributed by atoms with van der Waals surface area (Å²) in [5.74, 6) is -0.394. The number of halogens is 3. The van der Waals surface area contributed by atoms with Gasteiger partial charge in [0.25, 0.3) is 0 Å². The minimum absolute atomic E-state index is 0.0732. The van der Waals surface area contributed by atoms with Crippen molar-refractivity contribution in [2.45, 2.75) is 19.6 Å². The van der Waals surface area contributed by atoms with Gasteiger partial charge in [0, 0.05) is 13.6 Å². The molecule has 122 valence electrons. The summed E-state index contributed by atoms with van der Waals surface area (Å²) in [5.41, 5.74) is 1.52. The van der Waals surface area contributed by atoms with Gasteiger partial charge in [0.2, 0.25) is 5.91 Å². The number of ether oxygens (including phenoxy) is 1. The molecule has 0 bridgehead atoms. The molecule has 23 heavy (non-hydrogen) atoms. The van der Waals surface area contributed by atoms with Gasteiger partial charge >= 0.3 is 6.61 Å². The van der Waals surface area contributed by atoms with Crippen molar-refractivity contribution in [1.82, 2.24) is 4.90 Å². The second kappa shape index (κ2) is 7.67. The molecule has 0 saturated heterocycles. The van der Waals surface area contributed by atoms with Crippen molar-refractivity contribution in [2.75, 3.05) is 7.05 Å². The molecular weight excluding hydrogens is 307 g/mol. The fraction of sp³-hybridized carbons (Fsp3) is 0.235. The third-order valence-electron chi connectivity index (χ3n) is 3.26. The molecule has 0 N–H and O–H groups in total. The van der Waals surface area contributed by atoms with Crippen molar-refractivity contribution in [3.8, 4) is 5.75 Å². The summed E-state index contributed by atoms with van der Waals surface area (Å²) < 4.78 is 41.2. The zero-order valence-electron chi connectivity index (χ0n) is 12.5. The molecule has 0 heterocycles. The van der Waals surface area contributed by atoms with E-state index >= 15 is 0 Å². The van der Waals surface area contributed by atoms with E-state index in [1.165, 1.54) is 29.2 Å². The molecular formula is C17H16F3NO2. The van der Waals surface area contributed by atoms with Gasteiger partial charge < -0.3 is 9.64 Å². The molecule has 0 fully saturated rings. The maximum absolute atomic E-state index is 12.8. The number of carbonyl (C=O) groups excluding carboxylic acids is 1. The summed E-state index contributed by atoms with van der Waals surface area (Å²) >= 11 is 0. The van der Waals surface area contributed by atoms with Crippen molar-refractivity contribution in [2.24, 2.45) is 0 Å². The van der Waals surface area contributed by atoms with E-state index in [4.69, 9.17) is 0 Å². The standard InChI is InChI=1S/C17H16F3NO2/c1-21(16(22)10-12-2-6-14(18)7-3-12)11-13-4-8-15(9-5-13)23-17(19)20/h2-9,17H,10-11H2,1H3. The van der Waals surface area contributed by atoms with Crippen LogP contribution in [0.3, 0.4) is 0 Å². The van der Waals surface area contributed by atoms with Crippen LogP contribution in [-0.2, 0) is 17.8 Å². The highest BCUT2D eigenvalue weighted by molar-refractivity contribution is 5.78. The lowest BCUT2D eigenvalue weighted by Gasteiger charge is -2.17. The Morgan fingerprint density at radius 1 is 1.04 bits per heavy atom. The molecule has 0 unspecified atom stereocenters. The lowest BCUT2D eigenvalue weighted by atomic mass is 10.1. The average Bonchev–Trinajstić information content (AvgIpc) is 2.51. The third kappa shape index (κ3) is 5.32. The first-order valence-corrected chi connectivity index (χ1v) is 6.96. The Morgan fingerprint density at radius 3 is 2.17 bits per heavy atom. The Morgan fingerprint density at radius 2 is 1.61 bits per heavy atom. The molecule has 2 aromatic rings. The smallest absolute Gasteiger partial charge is 0.387 e. The predicted octanol–water partition coefficient (Wildman–Crippen LogP) is 3.63. The SMILES string of the molecule is CN(Cc1ccc(OC(F)F)cc1)C(=O)Cc1ccc(F)cc1. The van der Waals surface area contributed by atoms with Gasteiger partial charge in [-0.05, 0) is 35.4 Å². The van der Waals surface area contributed by atoms with Gasteiger partial charge in [-0.2, -0.15) is 8.78 Å². The van der Waals surface area contributed by atoms with Crippen LogP contribution in [0.1, 0.15) is 11.1 Å². The normalized spacial score (nSPS) is 10.7. The Kier molecular flexibility index (Phi) is 5.62. The van der Waals surface area contributed by atoms with Crippen molar-refractivity contribution < 1.29 is 22.7 Å². The Balaban J connectivity index is 1.91. The topological polar surface area (TPSA) is 29.5 Å². The minimum atomic E-state index is -2.86. The maximum Gasteiger partial charge on any atom is 0.387 e. The van der Waals surface area contributed by atoms with Gasteiger partial charge in [-0.25, -0.2) is 4.39 Å². The highest BCUT2D eigenvalue weighted by Gasteiger charge is 2.11. The molecule has 0 atom stereocenters. The van der Waals surface area contributed by atoms with Crippen molar-refractivity contribution in [1.29, 1.82) is 0 Å². The van der Waals surface area contributed by atoms with E-state index in [0.29, 0.717) is 6.54 Å². The highest BCUT2D eigenvalue weighted by atomic mass is 19.3. The number of nitrogens with zero attached hydrogens (tertiary/aromatic N) is 1. The van der Waals surface area contributed by atoms with Gasteiger partial charge in [0.1, 0.15) is 11.6 Å². The van der Waals surface area contributed by atoms with E-state index < -0.39 is 6.61 Å². The molecule has 0 aliphatic heterocycles. The van der Waals surface area contributed by atoms with E-state index in [2.05, 4.69) is 4.74 Å². The molecule has 0 aliphatic rings. The fourth-order valence-electron chi connectivity index (χ4n) is 2.05. The molecule has 0 spiro atoms. The summed E-state index contributed by atoms with van der Waals surface area (Å²) in [6, 6.07) is 11.9. The third-order valence-corrected chi connectivity index (χ3v) is 3.26. The van der Waals surface area contributed by atoms with E-state index in [0.717, 1.165) is 11.1 Å². The number of alkyl halides is 2. The van der Waals surface area contributed by atoms with Crippen LogP contribution in [0, 0.1) is 5.82 Å². The van der Waals surface area contributed by atoms with Gasteiger partial charge in [-0.1, -0.05) is 24.3 Å². The molecule has 0 aromatic heterocycles. The van der Waals surface area contributed by atoms with Crippen LogP contribution in [0.2, 0.25) is 0 Å². The summed E-state index contributed by atoms with van der Waals surface area (Å²) in [4.78, 5) is 13.6. The first kappa shape index (κ1) is 16.9. The minimum Gasteiger partial charge on any atom is -0.435 e. The summed E-state index contributed by atoms with van der Waals surface area (Å²) in [6.45, 7) is -2.52. The fourth-order valence-corrected chi connectivity index (χ4v) is 2.05. The zero-order valence-corrected chi connectivity index (χ0v) is 12.5. The lowest BCUT2D eigenvalue weighted by Crippen LogP contribution is -2.27. The summed E-state index contributed by atoms with van der Waals surface area (Å²) in [6.07, 6.45) is 0.170. The van der Waals surface area contributed by atoms with Gasteiger partial charge in [-0.3, -0.25) is 4.79 Å². The van der Waals surface area contributed by atoms with Crippen LogP contribution >= 0.6 is 0 Å². The number of hydrogen-bond donors (Lipinski definition) is 0. The highest BCUT2D eigenvalue weighted by Crippen LogP contribution is 2.16. The number of likely N-dealkylation sites (N-methyl/N-ethyl adjacent to an activating group) is 1. The van der Waals surface area contributed by atoms with Gasteiger partial charge in [0.15, 0.2) is 0 Å². The molecule has 3 nitrogen and oxygen atoms in total. The Bertz CT molecular complexity index is 642. The second-order valence-corrected chi connectivity index (χ2v) is 5.08. The van der Waals surface area contributed by atoms with Crippen LogP contribution in [0.25, 0.3) is 0 Å². The quantitative estimate of drug-likeness (QED) is 0.812. The molecule has 0 aliphatic carbocycles. The summed E-state index contributed by atoms with van der Waals surface area (Å²) in [7, 11) is 1.65. The maximum atomic E-state index is 12.8. The number of carbonyl (C=O) groups is 1. The molecule has 1 amide bonds. The average molecular weight is 323 g/mol. The van der Waals surface area contributed by atoms with Crippen molar-refractivity contribution in [3.05, 3.63) is 65.5 Å². The zero-order chi connectivity index (χ0) is 16.8. The molecule has 0 radical (unpaired) electrons. The number of hydrogen-bond acceptors (Lipinski definition) is 2. The molecule has 0 saturated carbocycles. The number of rotatable bonds is 6.